The van der Waals surface area contributed by atoms with Crippen molar-refractivity contribution in [2.75, 3.05) is 26.4 Å². The van der Waals surface area contributed by atoms with E-state index in [0.717, 1.165) is 5.56 Å². The summed E-state index contributed by atoms with van der Waals surface area (Å²) in [5, 5.41) is 2.84. The van der Waals surface area contributed by atoms with Gasteiger partial charge in [0.2, 0.25) is 5.91 Å². The number of hydrogen-bond donors (Lipinski definition) is 1. The lowest BCUT2D eigenvalue weighted by atomic mass is 10.0. The van der Waals surface area contributed by atoms with E-state index in [1.165, 1.54) is 12.1 Å². The minimum atomic E-state index is -0.289. The first kappa shape index (κ1) is 21.7. The number of rotatable bonds is 12. The Balaban J connectivity index is 1.73. The Morgan fingerprint density at radius 1 is 1.00 bits per heavy atom. The van der Waals surface area contributed by atoms with Crippen LogP contribution in [-0.2, 0) is 9.53 Å². The molecule has 1 unspecified atom stereocenters. The molecule has 152 valence electrons. The molecule has 1 amide bonds. The second kappa shape index (κ2) is 12.0. The van der Waals surface area contributed by atoms with Gasteiger partial charge in [-0.2, -0.15) is 0 Å². The number of amides is 1. The van der Waals surface area contributed by atoms with Gasteiger partial charge >= 0.3 is 0 Å². The van der Waals surface area contributed by atoms with Crippen molar-refractivity contribution in [2.24, 2.45) is 0 Å². The molecule has 0 aromatic heterocycles. The van der Waals surface area contributed by atoms with E-state index in [2.05, 4.69) is 5.32 Å². The monoisotopic (exact) mass is 389 g/mol. The smallest absolute Gasteiger partial charge is 0.220 e. The molecule has 5 nitrogen and oxygen atoms in total. The summed E-state index contributed by atoms with van der Waals surface area (Å²) in [5.74, 6) is 0.984. The molecule has 0 saturated carbocycles. The van der Waals surface area contributed by atoms with E-state index in [9.17, 15) is 9.18 Å². The first-order valence-corrected chi connectivity index (χ1v) is 9.62. The summed E-state index contributed by atoms with van der Waals surface area (Å²) in [6, 6.07) is 13.6. The maximum Gasteiger partial charge on any atom is 0.220 e. The van der Waals surface area contributed by atoms with Crippen LogP contribution in [0.5, 0.6) is 11.5 Å². The van der Waals surface area contributed by atoms with Gasteiger partial charge in [0.05, 0.1) is 19.3 Å². The van der Waals surface area contributed by atoms with E-state index < -0.39 is 0 Å². The molecule has 1 atom stereocenters. The van der Waals surface area contributed by atoms with Crippen LogP contribution in [-0.4, -0.2) is 32.3 Å². The van der Waals surface area contributed by atoms with Crippen molar-refractivity contribution in [2.45, 2.75) is 32.8 Å². The fourth-order valence-corrected chi connectivity index (χ4v) is 2.77. The average Bonchev–Trinajstić information content (AvgIpc) is 2.70. The predicted molar refractivity (Wildman–Crippen MR) is 106 cm³/mol. The van der Waals surface area contributed by atoms with E-state index in [1.807, 2.05) is 38.1 Å². The maximum atomic E-state index is 13.1. The number of carbonyl (C=O) groups is 1. The topological polar surface area (TPSA) is 56.8 Å². The van der Waals surface area contributed by atoms with Crippen LogP contribution in [0.4, 0.5) is 4.39 Å². The lowest BCUT2D eigenvalue weighted by Crippen LogP contribution is -2.28. The zero-order chi connectivity index (χ0) is 20.2. The molecule has 2 aromatic carbocycles. The highest BCUT2D eigenvalue weighted by Gasteiger charge is 2.14. The normalized spacial score (nSPS) is 11.7. The third kappa shape index (κ3) is 7.19. The summed E-state index contributed by atoms with van der Waals surface area (Å²) in [6.07, 6.45) is 0.613. The van der Waals surface area contributed by atoms with Gasteiger partial charge in [-0.15, -0.1) is 0 Å². The zero-order valence-electron chi connectivity index (χ0n) is 16.4. The highest BCUT2D eigenvalue weighted by atomic mass is 19.1. The van der Waals surface area contributed by atoms with Crippen LogP contribution in [0.25, 0.3) is 0 Å². The lowest BCUT2D eigenvalue weighted by Gasteiger charge is -2.17. The molecule has 2 aromatic rings. The molecule has 6 heteroatoms. The van der Waals surface area contributed by atoms with Crippen molar-refractivity contribution < 1.29 is 23.4 Å². The zero-order valence-corrected chi connectivity index (χ0v) is 16.4. The van der Waals surface area contributed by atoms with Crippen LogP contribution < -0.4 is 14.8 Å². The lowest BCUT2D eigenvalue weighted by molar-refractivity contribution is -0.122. The van der Waals surface area contributed by atoms with Gasteiger partial charge in [0, 0.05) is 13.0 Å². The number of nitrogens with one attached hydrogen (secondary N) is 1. The molecule has 28 heavy (non-hydrogen) atoms. The Bertz CT molecular complexity index is 721. The van der Waals surface area contributed by atoms with Gasteiger partial charge < -0.3 is 19.5 Å². The van der Waals surface area contributed by atoms with Crippen molar-refractivity contribution in [3.63, 3.8) is 0 Å². The molecule has 0 aliphatic rings. The number of carbonyl (C=O) groups excluding carboxylic acids is 1. The molecule has 1 N–H and O–H groups in total. The highest BCUT2D eigenvalue weighted by molar-refractivity contribution is 5.75. The number of para-hydroxylation sites is 2. The van der Waals surface area contributed by atoms with E-state index in [4.69, 9.17) is 14.2 Å². The molecule has 0 fully saturated rings. The maximum absolute atomic E-state index is 13.1. The summed E-state index contributed by atoms with van der Waals surface area (Å²) < 4.78 is 30.0. The average molecular weight is 389 g/mol. The number of benzene rings is 2. The minimum Gasteiger partial charge on any atom is -0.490 e. The van der Waals surface area contributed by atoms with E-state index in [-0.39, 0.29) is 17.8 Å². The summed E-state index contributed by atoms with van der Waals surface area (Å²) in [4.78, 5) is 12.1. The molecule has 0 saturated heterocycles. The first-order chi connectivity index (χ1) is 13.6. The quantitative estimate of drug-likeness (QED) is 0.551. The predicted octanol–water partition coefficient (Wildman–Crippen LogP) is 4.28. The number of hydrogen-bond acceptors (Lipinski definition) is 4. The number of ether oxygens (including phenoxy) is 3. The molecule has 0 spiro atoms. The van der Waals surface area contributed by atoms with Gasteiger partial charge in [-0.3, -0.25) is 4.79 Å². The SMILES string of the molecule is CCOc1ccccc1OCCNC(=O)CCC(OCC)c1ccc(F)cc1. The summed E-state index contributed by atoms with van der Waals surface area (Å²) >= 11 is 0. The Morgan fingerprint density at radius 2 is 1.68 bits per heavy atom. The second-order valence-corrected chi connectivity index (χ2v) is 6.11. The highest BCUT2D eigenvalue weighted by Crippen LogP contribution is 2.26. The summed E-state index contributed by atoms with van der Waals surface area (Å²) in [5.41, 5.74) is 0.868. The summed E-state index contributed by atoms with van der Waals surface area (Å²) in [7, 11) is 0. The van der Waals surface area contributed by atoms with Crippen LogP contribution in [0.3, 0.4) is 0 Å². The number of halogens is 1. The standard InChI is InChI=1S/C22H28FNO4/c1-3-26-19(17-9-11-18(23)12-10-17)13-14-22(25)24-15-16-28-21-8-6-5-7-20(21)27-4-2/h5-12,19H,3-4,13-16H2,1-2H3,(H,24,25). The van der Waals surface area contributed by atoms with Gasteiger partial charge in [0.1, 0.15) is 12.4 Å². The molecular weight excluding hydrogens is 361 g/mol. The first-order valence-electron chi connectivity index (χ1n) is 9.62. The second-order valence-electron chi connectivity index (χ2n) is 6.11. The van der Waals surface area contributed by atoms with Crippen LogP contribution in [0.1, 0.15) is 38.4 Å². The third-order valence-electron chi connectivity index (χ3n) is 4.07. The van der Waals surface area contributed by atoms with Crippen LogP contribution in [0.15, 0.2) is 48.5 Å². The Labute approximate surface area is 165 Å². The fraction of sp³-hybridized carbons (Fsp3) is 0.409. The van der Waals surface area contributed by atoms with Crippen LogP contribution in [0, 0.1) is 5.82 Å². The van der Waals surface area contributed by atoms with Crippen molar-refractivity contribution in [1.82, 2.24) is 5.32 Å². The third-order valence-corrected chi connectivity index (χ3v) is 4.07. The fourth-order valence-electron chi connectivity index (χ4n) is 2.77. The van der Waals surface area contributed by atoms with Gasteiger partial charge in [-0.05, 0) is 50.1 Å². The summed E-state index contributed by atoms with van der Waals surface area (Å²) in [6.45, 7) is 5.65. The van der Waals surface area contributed by atoms with Gasteiger partial charge in [-0.1, -0.05) is 24.3 Å². The van der Waals surface area contributed by atoms with Crippen molar-refractivity contribution >= 4 is 5.91 Å². The molecule has 0 bridgehead atoms. The molecule has 0 heterocycles. The Kier molecular flexibility index (Phi) is 9.28. The van der Waals surface area contributed by atoms with E-state index >= 15 is 0 Å². The molecule has 0 aliphatic heterocycles. The van der Waals surface area contributed by atoms with Crippen molar-refractivity contribution in [1.29, 1.82) is 0 Å². The van der Waals surface area contributed by atoms with Crippen LogP contribution >= 0.6 is 0 Å². The van der Waals surface area contributed by atoms with Gasteiger partial charge in [0.25, 0.3) is 0 Å². The Hall–Kier alpha value is -2.60. The minimum absolute atomic E-state index is 0.0755. The van der Waals surface area contributed by atoms with Crippen molar-refractivity contribution in [3.8, 4) is 11.5 Å². The van der Waals surface area contributed by atoms with Gasteiger partial charge in [-0.25, -0.2) is 4.39 Å². The van der Waals surface area contributed by atoms with Gasteiger partial charge in [0.15, 0.2) is 11.5 Å². The van der Waals surface area contributed by atoms with Crippen LogP contribution in [0.2, 0.25) is 0 Å². The molecule has 0 aliphatic carbocycles. The molecule has 0 radical (unpaired) electrons. The Morgan fingerprint density at radius 3 is 2.32 bits per heavy atom. The molecule has 2 rings (SSSR count). The van der Waals surface area contributed by atoms with E-state index in [1.54, 1.807) is 12.1 Å². The van der Waals surface area contributed by atoms with E-state index in [0.29, 0.717) is 50.7 Å². The molecular formula is C22H28FNO4. The van der Waals surface area contributed by atoms with Crippen molar-refractivity contribution in [3.05, 3.63) is 59.9 Å². The largest absolute Gasteiger partial charge is 0.490 e.